The Kier molecular flexibility index (Phi) is 6.63. The van der Waals surface area contributed by atoms with Crippen LogP contribution in [0, 0.1) is 0 Å². The van der Waals surface area contributed by atoms with Crippen LogP contribution in [-0.4, -0.2) is 51.8 Å². The van der Waals surface area contributed by atoms with Gasteiger partial charge in [0, 0.05) is 24.0 Å². The second kappa shape index (κ2) is 10.2. The minimum Gasteiger partial charge on any atom is -0.493 e. The fourth-order valence-electron chi connectivity index (χ4n) is 3.75. The molecule has 1 aliphatic rings. The van der Waals surface area contributed by atoms with Crippen LogP contribution < -0.4 is 20.1 Å². The molecule has 2 aromatic heterocycles. The van der Waals surface area contributed by atoms with Crippen molar-refractivity contribution in [3.63, 3.8) is 0 Å². The summed E-state index contributed by atoms with van der Waals surface area (Å²) in [5, 5.41) is 10.1. The maximum absolute atomic E-state index is 12.3. The molecule has 0 bridgehead atoms. The quantitative estimate of drug-likeness (QED) is 0.362. The van der Waals surface area contributed by atoms with E-state index in [1.165, 1.54) is 7.11 Å². The van der Waals surface area contributed by atoms with E-state index < -0.39 is 0 Å². The van der Waals surface area contributed by atoms with Crippen molar-refractivity contribution in [2.45, 2.75) is 6.54 Å². The fourth-order valence-corrected chi connectivity index (χ4v) is 4.30. The van der Waals surface area contributed by atoms with E-state index in [9.17, 15) is 9.59 Å². The molecule has 0 radical (unpaired) electrons. The van der Waals surface area contributed by atoms with Gasteiger partial charge in [-0.2, -0.15) is 5.10 Å². The Bertz CT molecular complexity index is 1440. The summed E-state index contributed by atoms with van der Waals surface area (Å²) in [6, 6.07) is 16.1. The van der Waals surface area contributed by atoms with Crippen LogP contribution in [0.1, 0.15) is 10.5 Å². The Balaban J connectivity index is 1.37. The number of ether oxygens (including phenoxy) is 2. The van der Waals surface area contributed by atoms with Gasteiger partial charge >= 0.3 is 0 Å². The Hall–Kier alpha value is -4.25. The maximum atomic E-state index is 12.3. The van der Waals surface area contributed by atoms with E-state index in [0.717, 1.165) is 0 Å². The Morgan fingerprint density at radius 2 is 2.00 bits per heavy atom. The number of nitrogens with one attached hydrogen (secondary N) is 2. The number of hydrogen-bond donors (Lipinski definition) is 2. The summed E-state index contributed by atoms with van der Waals surface area (Å²) >= 11 is 3.51. The number of aromatic nitrogens is 4. The first kappa shape index (κ1) is 23.5. The number of benzene rings is 2. The van der Waals surface area contributed by atoms with E-state index >= 15 is 0 Å². The van der Waals surface area contributed by atoms with Crippen LogP contribution >= 0.6 is 15.9 Å². The van der Waals surface area contributed by atoms with Gasteiger partial charge in [0.05, 0.1) is 23.8 Å². The zero-order valence-electron chi connectivity index (χ0n) is 19.2. The molecule has 3 heterocycles. The number of amides is 2. The van der Waals surface area contributed by atoms with E-state index in [1.54, 1.807) is 47.3 Å². The van der Waals surface area contributed by atoms with Gasteiger partial charge < -0.3 is 20.1 Å². The van der Waals surface area contributed by atoms with Crippen molar-refractivity contribution in [2.75, 3.05) is 25.6 Å². The van der Waals surface area contributed by atoms with E-state index in [4.69, 9.17) is 9.47 Å². The highest BCUT2D eigenvalue weighted by Gasteiger charge is 2.21. The summed E-state index contributed by atoms with van der Waals surface area (Å²) in [7, 11) is 1.51. The number of carbonyl (C=O) groups excluding carboxylic acids is 2. The summed E-state index contributed by atoms with van der Waals surface area (Å²) in [6.07, 6.45) is 1.63. The Morgan fingerprint density at radius 1 is 1.17 bits per heavy atom. The molecule has 5 rings (SSSR count). The first-order valence-corrected chi connectivity index (χ1v) is 11.9. The van der Waals surface area contributed by atoms with Crippen molar-refractivity contribution < 1.29 is 19.1 Å². The SMILES string of the molecule is COc1cc(-c2nccc(-c3cc4n(n3)CCNC4=O)n2)cc(Br)c1OCC(=O)Nc1ccccc1. The van der Waals surface area contributed by atoms with Crippen molar-refractivity contribution in [1.82, 2.24) is 25.1 Å². The van der Waals surface area contributed by atoms with Crippen LogP contribution in [0.4, 0.5) is 5.69 Å². The van der Waals surface area contributed by atoms with Crippen molar-refractivity contribution in [3.05, 3.63) is 71.0 Å². The lowest BCUT2D eigenvalue weighted by atomic mass is 10.1. The number of fused-ring (bicyclic) bond motifs is 1. The smallest absolute Gasteiger partial charge is 0.269 e. The third-order valence-electron chi connectivity index (χ3n) is 5.43. The molecule has 0 spiro atoms. The van der Waals surface area contributed by atoms with Gasteiger partial charge in [0.2, 0.25) is 0 Å². The average molecular weight is 549 g/mol. The molecule has 0 saturated heterocycles. The van der Waals surface area contributed by atoms with Crippen LogP contribution in [0.2, 0.25) is 0 Å². The zero-order chi connectivity index (χ0) is 25.1. The van der Waals surface area contributed by atoms with E-state index in [-0.39, 0.29) is 18.4 Å². The lowest BCUT2D eigenvalue weighted by Crippen LogP contribution is -2.35. The molecule has 2 N–H and O–H groups in total. The number of rotatable bonds is 7. The fraction of sp³-hybridized carbons (Fsp3) is 0.160. The van der Waals surface area contributed by atoms with Crippen molar-refractivity contribution in [3.8, 4) is 34.3 Å². The number of hydrogen-bond acceptors (Lipinski definition) is 7. The number of methoxy groups -OCH3 is 1. The lowest BCUT2D eigenvalue weighted by Gasteiger charge is -2.14. The summed E-state index contributed by atoms with van der Waals surface area (Å²) in [4.78, 5) is 33.4. The van der Waals surface area contributed by atoms with Gasteiger partial charge in [-0.1, -0.05) is 18.2 Å². The molecule has 0 atom stereocenters. The van der Waals surface area contributed by atoms with Gasteiger partial charge in [-0.25, -0.2) is 9.97 Å². The molecule has 36 heavy (non-hydrogen) atoms. The molecule has 11 heteroatoms. The predicted octanol–water partition coefficient (Wildman–Crippen LogP) is 3.54. The van der Waals surface area contributed by atoms with Crippen LogP contribution in [0.3, 0.4) is 0 Å². The topological polar surface area (TPSA) is 120 Å². The molecule has 1 aliphatic heterocycles. The lowest BCUT2D eigenvalue weighted by molar-refractivity contribution is -0.118. The maximum Gasteiger partial charge on any atom is 0.269 e. The minimum absolute atomic E-state index is 0.156. The van der Waals surface area contributed by atoms with Gasteiger partial charge in [0.1, 0.15) is 11.4 Å². The normalized spacial score (nSPS) is 12.4. The number of carbonyl (C=O) groups is 2. The van der Waals surface area contributed by atoms with E-state index in [0.29, 0.717) is 63.2 Å². The van der Waals surface area contributed by atoms with Gasteiger partial charge in [-0.05, 0) is 52.3 Å². The highest BCUT2D eigenvalue weighted by Crippen LogP contribution is 2.39. The van der Waals surface area contributed by atoms with Crippen molar-refractivity contribution in [1.29, 1.82) is 0 Å². The van der Waals surface area contributed by atoms with Gasteiger partial charge in [0.25, 0.3) is 11.8 Å². The second-order valence-corrected chi connectivity index (χ2v) is 8.71. The number of nitrogens with zero attached hydrogens (tertiary/aromatic N) is 4. The van der Waals surface area contributed by atoms with Gasteiger partial charge in [-0.3, -0.25) is 14.3 Å². The molecular formula is C25H21BrN6O4. The first-order valence-electron chi connectivity index (χ1n) is 11.1. The number of para-hydroxylation sites is 1. The predicted molar refractivity (Wildman–Crippen MR) is 136 cm³/mol. The first-order chi connectivity index (χ1) is 17.5. The van der Waals surface area contributed by atoms with Crippen LogP contribution in [0.15, 0.2) is 65.3 Å². The van der Waals surface area contributed by atoms with Gasteiger partial charge in [0.15, 0.2) is 23.9 Å². The summed E-state index contributed by atoms with van der Waals surface area (Å²) in [5.41, 5.74) is 3.02. The molecule has 2 amide bonds. The standard InChI is InChI=1S/C25H21BrN6O4/c1-35-21-12-15(11-17(26)23(21)36-14-22(33)29-16-5-3-2-4-6-16)24-27-8-7-18(30-24)19-13-20-25(34)28-9-10-32(20)31-19/h2-8,11-13H,9-10,14H2,1H3,(H,28,34)(H,29,33). The third-order valence-corrected chi connectivity index (χ3v) is 6.02. The third kappa shape index (κ3) is 4.91. The van der Waals surface area contributed by atoms with Crippen LogP contribution in [0.25, 0.3) is 22.8 Å². The number of halogens is 1. The molecule has 0 fully saturated rings. The van der Waals surface area contributed by atoms with E-state index in [1.807, 2.05) is 18.2 Å². The summed E-state index contributed by atoms with van der Waals surface area (Å²) < 4.78 is 13.5. The van der Waals surface area contributed by atoms with E-state index in [2.05, 4.69) is 41.6 Å². The average Bonchev–Trinajstić information content (AvgIpc) is 3.34. The van der Waals surface area contributed by atoms with Crippen molar-refractivity contribution in [2.24, 2.45) is 0 Å². The Morgan fingerprint density at radius 3 is 2.78 bits per heavy atom. The Labute approximate surface area is 214 Å². The largest absolute Gasteiger partial charge is 0.493 e. The zero-order valence-corrected chi connectivity index (χ0v) is 20.8. The second-order valence-electron chi connectivity index (χ2n) is 7.85. The molecule has 182 valence electrons. The molecule has 0 saturated carbocycles. The van der Waals surface area contributed by atoms with Crippen LogP contribution in [-0.2, 0) is 11.3 Å². The van der Waals surface area contributed by atoms with Gasteiger partial charge in [-0.15, -0.1) is 0 Å². The monoisotopic (exact) mass is 548 g/mol. The molecule has 4 aromatic rings. The molecule has 0 unspecified atom stereocenters. The van der Waals surface area contributed by atoms with Crippen molar-refractivity contribution >= 4 is 33.4 Å². The van der Waals surface area contributed by atoms with Crippen LogP contribution in [0.5, 0.6) is 11.5 Å². The number of anilines is 1. The minimum atomic E-state index is -0.299. The summed E-state index contributed by atoms with van der Waals surface area (Å²) in [5.74, 6) is 0.779. The molecule has 2 aromatic carbocycles. The highest BCUT2D eigenvalue weighted by atomic mass is 79.9. The molecular weight excluding hydrogens is 528 g/mol. The molecule has 10 nitrogen and oxygen atoms in total. The molecule has 0 aliphatic carbocycles. The highest BCUT2D eigenvalue weighted by molar-refractivity contribution is 9.10. The summed E-state index contributed by atoms with van der Waals surface area (Å²) in [6.45, 7) is 0.944.